The Labute approximate surface area is 93.2 Å². The molecule has 86 valence electrons. The highest BCUT2D eigenvalue weighted by molar-refractivity contribution is 7.91. The maximum atomic E-state index is 13.4. The first-order valence-electron chi connectivity index (χ1n) is 5.04. The average Bonchev–Trinajstić information content (AvgIpc) is 2.62. The molecule has 1 aromatic carbocycles. The second kappa shape index (κ2) is 3.66. The standard InChI is InChI=1S/C11H11FO3S/c1-2-16(14,15)10-6-4-8(12)7-3-5-9(13)11(7)10/h4,6H,2-3,5H2,1H3. The summed E-state index contributed by atoms with van der Waals surface area (Å²) in [7, 11) is -3.46. The van der Waals surface area contributed by atoms with E-state index in [4.69, 9.17) is 0 Å². The lowest BCUT2D eigenvalue weighted by atomic mass is 10.1. The molecule has 0 heterocycles. The fourth-order valence-electron chi connectivity index (χ4n) is 1.93. The maximum Gasteiger partial charge on any atom is 0.178 e. The topological polar surface area (TPSA) is 51.2 Å². The minimum absolute atomic E-state index is 0.0195. The summed E-state index contributed by atoms with van der Waals surface area (Å²) in [5.74, 6) is -0.851. The Morgan fingerprint density at radius 2 is 2.00 bits per heavy atom. The molecule has 3 nitrogen and oxygen atoms in total. The van der Waals surface area contributed by atoms with Crippen LogP contribution in [0.3, 0.4) is 0 Å². The Bertz CT molecular complexity index is 561. The first-order valence-corrected chi connectivity index (χ1v) is 6.70. The molecule has 0 spiro atoms. The van der Waals surface area contributed by atoms with E-state index in [1.165, 1.54) is 13.0 Å². The quantitative estimate of drug-likeness (QED) is 0.742. The highest BCUT2D eigenvalue weighted by atomic mass is 32.2. The number of hydrogen-bond acceptors (Lipinski definition) is 3. The molecular weight excluding hydrogens is 231 g/mol. The van der Waals surface area contributed by atoms with Crippen molar-refractivity contribution in [1.29, 1.82) is 0 Å². The van der Waals surface area contributed by atoms with Crippen molar-refractivity contribution in [2.45, 2.75) is 24.7 Å². The molecular formula is C11H11FO3S. The van der Waals surface area contributed by atoms with Gasteiger partial charge in [0.2, 0.25) is 0 Å². The summed E-state index contributed by atoms with van der Waals surface area (Å²) in [4.78, 5) is 11.6. The summed E-state index contributed by atoms with van der Waals surface area (Å²) in [5.41, 5.74) is 0.321. The molecule has 0 aliphatic heterocycles. The van der Waals surface area contributed by atoms with Crippen LogP contribution in [0.2, 0.25) is 0 Å². The lowest BCUT2D eigenvalue weighted by molar-refractivity contribution is 0.0991. The van der Waals surface area contributed by atoms with Gasteiger partial charge in [0.15, 0.2) is 15.6 Å². The molecule has 0 fully saturated rings. The van der Waals surface area contributed by atoms with E-state index in [1.54, 1.807) is 0 Å². The molecule has 0 radical (unpaired) electrons. The van der Waals surface area contributed by atoms with Crippen LogP contribution in [0.4, 0.5) is 4.39 Å². The third-order valence-electron chi connectivity index (χ3n) is 2.81. The number of benzene rings is 1. The summed E-state index contributed by atoms with van der Waals surface area (Å²) in [6.07, 6.45) is 0.496. The summed E-state index contributed by atoms with van der Waals surface area (Å²) in [5, 5.41) is 0. The highest BCUT2D eigenvalue weighted by Gasteiger charge is 2.30. The van der Waals surface area contributed by atoms with E-state index in [0.29, 0.717) is 6.42 Å². The van der Waals surface area contributed by atoms with Gasteiger partial charge in [0.1, 0.15) is 5.82 Å². The van der Waals surface area contributed by atoms with E-state index < -0.39 is 15.7 Å². The van der Waals surface area contributed by atoms with Crippen LogP contribution in [-0.4, -0.2) is 20.0 Å². The molecule has 0 saturated heterocycles. The van der Waals surface area contributed by atoms with E-state index in [0.717, 1.165) is 6.07 Å². The van der Waals surface area contributed by atoms with Crippen molar-refractivity contribution in [2.24, 2.45) is 0 Å². The zero-order chi connectivity index (χ0) is 11.9. The number of carbonyl (C=O) groups is 1. The lowest BCUT2D eigenvalue weighted by Crippen LogP contribution is -2.10. The number of halogens is 1. The molecule has 0 unspecified atom stereocenters. The second-order valence-corrected chi connectivity index (χ2v) is 5.97. The number of ketones is 1. The maximum absolute atomic E-state index is 13.4. The third-order valence-corrected chi connectivity index (χ3v) is 4.58. The van der Waals surface area contributed by atoms with Crippen LogP contribution in [0.15, 0.2) is 17.0 Å². The first kappa shape index (κ1) is 11.3. The van der Waals surface area contributed by atoms with Crippen LogP contribution in [0.25, 0.3) is 0 Å². The first-order chi connectivity index (χ1) is 7.47. The number of rotatable bonds is 2. The Hall–Kier alpha value is -1.23. The molecule has 0 N–H and O–H groups in total. The fourth-order valence-corrected chi connectivity index (χ4v) is 3.06. The Morgan fingerprint density at radius 3 is 2.62 bits per heavy atom. The van der Waals surface area contributed by atoms with E-state index in [2.05, 4.69) is 0 Å². The second-order valence-electron chi connectivity index (χ2n) is 3.73. The number of hydrogen-bond donors (Lipinski definition) is 0. The van der Waals surface area contributed by atoms with Crippen molar-refractivity contribution >= 4 is 15.6 Å². The van der Waals surface area contributed by atoms with Crippen molar-refractivity contribution < 1.29 is 17.6 Å². The lowest BCUT2D eigenvalue weighted by Gasteiger charge is -2.07. The summed E-state index contributed by atoms with van der Waals surface area (Å²) >= 11 is 0. The Balaban J connectivity index is 2.76. The number of fused-ring (bicyclic) bond motifs is 1. The number of carbonyl (C=O) groups excluding carboxylic acids is 1. The third kappa shape index (κ3) is 1.55. The zero-order valence-corrected chi connectivity index (χ0v) is 9.60. The smallest absolute Gasteiger partial charge is 0.178 e. The molecule has 1 aliphatic rings. The molecule has 0 bridgehead atoms. The molecule has 1 aromatic rings. The zero-order valence-electron chi connectivity index (χ0n) is 8.79. The minimum atomic E-state index is -3.46. The molecule has 5 heteroatoms. The fraction of sp³-hybridized carbons (Fsp3) is 0.364. The average molecular weight is 242 g/mol. The van der Waals surface area contributed by atoms with Crippen LogP contribution >= 0.6 is 0 Å². The van der Waals surface area contributed by atoms with Crippen LogP contribution in [0.5, 0.6) is 0 Å². The van der Waals surface area contributed by atoms with Crippen LogP contribution < -0.4 is 0 Å². The van der Waals surface area contributed by atoms with Gasteiger partial charge in [0.25, 0.3) is 0 Å². The Kier molecular flexibility index (Phi) is 2.58. The monoisotopic (exact) mass is 242 g/mol. The Morgan fingerprint density at radius 1 is 1.31 bits per heavy atom. The molecule has 0 atom stereocenters. The van der Waals surface area contributed by atoms with Gasteiger partial charge in [-0.3, -0.25) is 4.79 Å². The van der Waals surface area contributed by atoms with Gasteiger partial charge in [-0.15, -0.1) is 0 Å². The summed E-state index contributed by atoms with van der Waals surface area (Å²) in [6.45, 7) is 1.50. The molecule has 1 aliphatic carbocycles. The van der Waals surface area contributed by atoms with E-state index in [9.17, 15) is 17.6 Å². The van der Waals surface area contributed by atoms with Gasteiger partial charge in [-0.2, -0.15) is 0 Å². The van der Waals surface area contributed by atoms with Crippen molar-refractivity contribution in [1.82, 2.24) is 0 Å². The van der Waals surface area contributed by atoms with Gasteiger partial charge >= 0.3 is 0 Å². The number of sulfone groups is 1. The molecule has 2 rings (SSSR count). The number of Topliss-reactive ketones (excluding diaryl/α,β-unsaturated/α-hetero) is 1. The van der Waals surface area contributed by atoms with Crippen LogP contribution in [0, 0.1) is 5.82 Å². The van der Waals surface area contributed by atoms with Crippen LogP contribution in [0.1, 0.15) is 29.3 Å². The predicted octanol–water partition coefficient (Wildman–Crippen LogP) is 1.75. The molecule has 0 amide bonds. The largest absolute Gasteiger partial charge is 0.294 e. The normalized spacial score (nSPS) is 15.2. The van der Waals surface area contributed by atoms with Crippen molar-refractivity contribution in [3.8, 4) is 0 Å². The van der Waals surface area contributed by atoms with E-state index >= 15 is 0 Å². The minimum Gasteiger partial charge on any atom is -0.294 e. The van der Waals surface area contributed by atoms with Gasteiger partial charge in [0.05, 0.1) is 10.6 Å². The van der Waals surface area contributed by atoms with Gasteiger partial charge < -0.3 is 0 Å². The van der Waals surface area contributed by atoms with Gasteiger partial charge in [-0.25, -0.2) is 12.8 Å². The van der Waals surface area contributed by atoms with E-state index in [-0.39, 0.29) is 34.0 Å². The SMILES string of the molecule is CCS(=O)(=O)c1ccc(F)c2c1C(=O)CC2. The molecule has 0 saturated carbocycles. The highest BCUT2D eigenvalue weighted by Crippen LogP contribution is 2.30. The molecule has 0 aromatic heterocycles. The summed E-state index contributed by atoms with van der Waals surface area (Å²) < 4.78 is 36.9. The van der Waals surface area contributed by atoms with Crippen molar-refractivity contribution in [2.75, 3.05) is 5.75 Å². The van der Waals surface area contributed by atoms with Crippen molar-refractivity contribution in [3.05, 3.63) is 29.1 Å². The van der Waals surface area contributed by atoms with Crippen molar-refractivity contribution in [3.63, 3.8) is 0 Å². The van der Waals surface area contributed by atoms with Crippen LogP contribution in [-0.2, 0) is 16.3 Å². The molecule has 16 heavy (non-hydrogen) atoms. The van der Waals surface area contributed by atoms with Gasteiger partial charge in [-0.05, 0) is 18.6 Å². The predicted molar refractivity (Wildman–Crippen MR) is 56.8 cm³/mol. The van der Waals surface area contributed by atoms with Gasteiger partial charge in [-0.1, -0.05) is 6.92 Å². The van der Waals surface area contributed by atoms with Gasteiger partial charge in [0, 0.05) is 17.5 Å². The summed E-state index contributed by atoms with van der Waals surface area (Å²) in [6, 6.07) is 2.32. The van der Waals surface area contributed by atoms with E-state index in [1.807, 2.05) is 0 Å².